The van der Waals surface area contributed by atoms with Gasteiger partial charge < -0.3 is 34.6 Å². The van der Waals surface area contributed by atoms with Crippen molar-refractivity contribution in [1.82, 2.24) is 19.5 Å². The number of imidazole rings is 1. The first-order valence-electron chi connectivity index (χ1n) is 7.25. The Balaban J connectivity index is 1.93. The van der Waals surface area contributed by atoms with Crippen molar-refractivity contribution in [2.45, 2.75) is 6.54 Å². The number of nitrogen functional groups attached to an aromatic ring is 1. The highest BCUT2D eigenvalue weighted by molar-refractivity contribution is 7.68. The first-order valence-corrected chi connectivity index (χ1v) is 12.0. The summed E-state index contributed by atoms with van der Waals surface area (Å²) in [6.07, 6.45) is 0.176. The predicted molar refractivity (Wildman–Crippen MR) is 96.4 cm³/mol. The molecule has 7 N–H and O–H groups in total. The Hall–Kier alpha value is -1.70. The minimum absolute atomic E-state index is 0.0305. The van der Waals surface area contributed by atoms with Crippen LogP contribution in [-0.4, -0.2) is 52.0 Å². The van der Waals surface area contributed by atoms with Crippen molar-refractivity contribution in [3.05, 3.63) is 28.8 Å². The van der Waals surface area contributed by atoms with Gasteiger partial charge in [-0.1, -0.05) is 6.58 Å². The van der Waals surface area contributed by atoms with Gasteiger partial charge in [0.2, 0.25) is 5.95 Å². The van der Waals surface area contributed by atoms with Crippen LogP contribution in [0.15, 0.2) is 23.3 Å². The number of rotatable bonds is 10. The van der Waals surface area contributed by atoms with Crippen LogP contribution in [0.2, 0.25) is 0 Å². The molecule has 0 amide bonds. The maximum Gasteiger partial charge on any atom is 0.488 e. The lowest BCUT2D eigenvalue weighted by Gasteiger charge is -2.16. The summed E-state index contributed by atoms with van der Waals surface area (Å²) in [6.45, 7) is 3.36. The van der Waals surface area contributed by atoms with Crippen molar-refractivity contribution in [3.8, 4) is 0 Å². The Morgan fingerprint density at radius 2 is 1.90 bits per heavy atom. The Kier molecular flexibility index (Phi) is 6.97. The topological polar surface area (TPSA) is 249 Å². The molecule has 0 saturated carbocycles. The maximum atomic E-state index is 11.7. The number of fused-ring (bicyclic) bond motifs is 1. The smallest absolute Gasteiger partial charge is 0.369 e. The first kappa shape index (κ1) is 23.6. The average Bonchev–Trinajstić information content (AvgIpc) is 2.86. The third-order valence-electron chi connectivity index (χ3n) is 2.89. The fourth-order valence-electron chi connectivity index (χ4n) is 2.01. The Morgan fingerprint density at radius 1 is 1.24 bits per heavy atom. The molecule has 2 unspecified atom stereocenters. The van der Waals surface area contributed by atoms with Crippen LogP contribution < -0.4 is 11.3 Å². The lowest BCUT2D eigenvalue weighted by atomic mass is 10.3. The third kappa shape index (κ3) is 7.24. The number of ether oxygens (including phenoxy) is 1. The van der Waals surface area contributed by atoms with E-state index in [0.29, 0.717) is 5.57 Å². The zero-order chi connectivity index (χ0) is 22.0. The zero-order valence-electron chi connectivity index (χ0n) is 14.3. The van der Waals surface area contributed by atoms with Gasteiger partial charge in [-0.3, -0.25) is 14.3 Å². The van der Waals surface area contributed by atoms with Crippen LogP contribution in [0.25, 0.3) is 11.2 Å². The molecule has 0 aliphatic carbocycles. The van der Waals surface area contributed by atoms with Crippen LogP contribution in [0, 0.1) is 0 Å². The molecule has 0 spiro atoms. The summed E-state index contributed by atoms with van der Waals surface area (Å²) < 4.78 is 47.1. The van der Waals surface area contributed by atoms with Crippen LogP contribution in [-0.2, 0) is 33.6 Å². The number of aromatic nitrogens is 4. The minimum Gasteiger partial charge on any atom is -0.369 e. The second-order valence-corrected chi connectivity index (χ2v) is 10.2. The molecule has 0 aromatic carbocycles. The fraction of sp³-hybridized carbons (Fsp3) is 0.300. The van der Waals surface area contributed by atoms with Crippen molar-refractivity contribution in [2.24, 2.45) is 0 Å². The van der Waals surface area contributed by atoms with Crippen LogP contribution in [0.5, 0.6) is 0 Å². The lowest BCUT2D eigenvalue weighted by molar-refractivity contribution is 0.168. The highest BCUT2D eigenvalue weighted by atomic mass is 31.3. The van der Waals surface area contributed by atoms with Gasteiger partial charge in [0.05, 0.1) is 12.9 Å². The zero-order valence-corrected chi connectivity index (χ0v) is 17.0. The molecule has 0 aliphatic rings. The Morgan fingerprint density at radius 3 is 2.52 bits per heavy atom. The van der Waals surface area contributed by atoms with E-state index in [2.05, 4.69) is 30.2 Å². The standard InChI is InChI=1S/C10H16N5O11P3/c1-6(2-15-4-12-7-8(15)13-10(11)14-9(7)16)3-24-5-27(17,18)25-29(22,23)26-28(19,20)21/h4H,1-3,5H2,(H,17,18)(H,22,23)(H2,19,20,21)(H3,11,13,14,16). The van der Waals surface area contributed by atoms with Gasteiger partial charge >= 0.3 is 23.2 Å². The molecule has 0 saturated heterocycles. The first-order chi connectivity index (χ1) is 13.2. The molecule has 2 rings (SSSR count). The molecule has 162 valence electrons. The van der Waals surface area contributed by atoms with Gasteiger partial charge in [0.15, 0.2) is 11.2 Å². The van der Waals surface area contributed by atoms with Gasteiger partial charge in [-0.2, -0.15) is 9.29 Å². The van der Waals surface area contributed by atoms with Crippen molar-refractivity contribution in [2.75, 3.05) is 18.7 Å². The molecule has 2 heterocycles. The van der Waals surface area contributed by atoms with Crippen molar-refractivity contribution in [3.63, 3.8) is 0 Å². The predicted octanol–water partition coefficient (Wildman–Crippen LogP) is -0.356. The molecule has 19 heteroatoms. The van der Waals surface area contributed by atoms with Gasteiger partial charge in [0, 0.05) is 6.54 Å². The van der Waals surface area contributed by atoms with E-state index in [9.17, 15) is 23.4 Å². The third-order valence-corrected chi connectivity index (χ3v) is 6.92. The maximum absolute atomic E-state index is 11.7. The number of nitrogens with two attached hydrogens (primary N) is 1. The monoisotopic (exact) mass is 475 g/mol. The fourth-order valence-corrected chi connectivity index (χ4v) is 5.28. The van der Waals surface area contributed by atoms with E-state index in [1.807, 2.05) is 0 Å². The largest absolute Gasteiger partial charge is 0.488 e. The lowest BCUT2D eigenvalue weighted by Crippen LogP contribution is -2.13. The van der Waals surface area contributed by atoms with Crippen molar-refractivity contribution >= 4 is 40.4 Å². The molecular formula is C10H16N5O11P3. The SMILES string of the molecule is C=C(COCP(=O)(O)OP(=O)(O)OP(=O)(O)O)Cn1cnc2c(=O)[nH]c(N)nc21. The summed E-state index contributed by atoms with van der Waals surface area (Å²) in [5.74, 6) is -0.129. The number of H-pyrrole nitrogens is 1. The molecule has 2 aromatic heterocycles. The van der Waals surface area contributed by atoms with Gasteiger partial charge in [-0.15, -0.1) is 0 Å². The van der Waals surface area contributed by atoms with E-state index in [-0.39, 0.29) is 30.3 Å². The van der Waals surface area contributed by atoms with E-state index >= 15 is 0 Å². The number of hydrogen-bond donors (Lipinski definition) is 6. The van der Waals surface area contributed by atoms with Gasteiger partial charge in [0.1, 0.15) is 6.35 Å². The second kappa shape index (κ2) is 8.58. The van der Waals surface area contributed by atoms with Crippen LogP contribution in [0.4, 0.5) is 5.95 Å². The van der Waals surface area contributed by atoms with E-state index < -0.39 is 35.1 Å². The summed E-state index contributed by atoms with van der Waals surface area (Å²) in [5, 5.41) is 0. The van der Waals surface area contributed by atoms with E-state index in [1.54, 1.807) is 0 Å². The van der Waals surface area contributed by atoms with Gasteiger partial charge in [0.25, 0.3) is 5.56 Å². The molecule has 0 bridgehead atoms. The van der Waals surface area contributed by atoms with Gasteiger partial charge in [-0.05, 0) is 5.57 Å². The van der Waals surface area contributed by atoms with Crippen LogP contribution >= 0.6 is 23.2 Å². The number of nitrogens with one attached hydrogen (secondary N) is 1. The molecule has 2 atom stereocenters. The van der Waals surface area contributed by atoms with E-state index in [1.165, 1.54) is 10.9 Å². The average molecular weight is 475 g/mol. The van der Waals surface area contributed by atoms with E-state index in [4.69, 9.17) is 25.2 Å². The summed E-state index contributed by atoms with van der Waals surface area (Å²) in [4.78, 5) is 57.2. The summed E-state index contributed by atoms with van der Waals surface area (Å²) in [6, 6.07) is 0. The second-order valence-electron chi connectivity index (χ2n) is 5.48. The number of aromatic amines is 1. The molecule has 0 aliphatic heterocycles. The number of hydrogen-bond acceptors (Lipinski definition) is 10. The van der Waals surface area contributed by atoms with E-state index in [0.717, 1.165) is 0 Å². The molecule has 16 nitrogen and oxygen atoms in total. The molecular weight excluding hydrogens is 459 g/mol. The molecule has 0 radical (unpaired) electrons. The summed E-state index contributed by atoms with van der Waals surface area (Å²) in [5.41, 5.74) is 5.43. The highest BCUT2D eigenvalue weighted by Crippen LogP contribution is 2.65. The highest BCUT2D eigenvalue weighted by Gasteiger charge is 2.39. The van der Waals surface area contributed by atoms with Crippen molar-refractivity contribution < 1.29 is 46.6 Å². The summed E-state index contributed by atoms with van der Waals surface area (Å²) in [7, 11) is -15.9. The molecule has 2 aromatic rings. The quantitative estimate of drug-likeness (QED) is 0.190. The minimum atomic E-state index is -5.53. The van der Waals surface area contributed by atoms with Crippen LogP contribution in [0.3, 0.4) is 0 Å². The number of anilines is 1. The van der Waals surface area contributed by atoms with Crippen molar-refractivity contribution in [1.29, 1.82) is 0 Å². The van der Waals surface area contributed by atoms with Crippen LogP contribution in [0.1, 0.15) is 0 Å². The normalized spacial score (nSPS) is 16.4. The Labute approximate surface area is 161 Å². The number of phosphoric acid groups is 2. The molecule has 0 fully saturated rings. The number of nitrogens with zero attached hydrogens (tertiary/aromatic N) is 3. The van der Waals surface area contributed by atoms with Gasteiger partial charge in [-0.25, -0.2) is 18.4 Å². The molecule has 29 heavy (non-hydrogen) atoms. The Bertz CT molecular complexity index is 1120. The summed E-state index contributed by atoms with van der Waals surface area (Å²) >= 11 is 0.